The first-order valence-corrected chi connectivity index (χ1v) is 10.3. The molecule has 1 aliphatic rings. The average molecular weight is 453 g/mol. The van der Waals surface area contributed by atoms with Crippen LogP contribution in [0.1, 0.15) is 6.42 Å². The molecule has 0 spiro atoms. The van der Waals surface area contributed by atoms with E-state index in [1.165, 1.54) is 4.90 Å². The monoisotopic (exact) mass is 452 g/mol. The van der Waals surface area contributed by atoms with Crippen LogP contribution in [0.25, 0.3) is 0 Å². The zero-order chi connectivity index (χ0) is 21.8. The number of aliphatic imine (C=N–C) groups is 1. The van der Waals surface area contributed by atoms with E-state index in [1.807, 2.05) is 60.7 Å². The molecule has 1 heterocycles. The summed E-state index contributed by atoms with van der Waals surface area (Å²) in [6.45, 7) is 0. The molecular weight excluding hydrogens is 435 g/mol. The maximum atomic E-state index is 13.1. The number of carbonyl (C=O) groups excluding carboxylic acids is 2. The normalized spacial score (nSPS) is 15.9. The molecule has 1 aliphatic heterocycles. The number of benzene rings is 3. The molecule has 0 aliphatic carbocycles. The summed E-state index contributed by atoms with van der Waals surface area (Å²) < 4.78 is 0. The van der Waals surface area contributed by atoms with Gasteiger partial charge in [0.25, 0.3) is 0 Å². The Morgan fingerprint density at radius 1 is 0.903 bits per heavy atom. The lowest BCUT2D eigenvalue weighted by atomic mass is 10.1. The van der Waals surface area contributed by atoms with Crippen LogP contribution in [0.4, 0.5) is 17.1 Å². The number of rotatable bonds is 4. The number of guanidine groups is 1. The molecule has 0 saturated carbocycles. The number of amides is 2. The molecule has 0 aromatic heterocycles. The lowest BCUT2D eigenvalue weighted by Crippen LogP contribution is -2.49. The minimum atomic E-state index is -0.906. The van der Waals surface area contributed by atoms with Gasteiger partial charge in [0.05, 0.1) is 12.1 Å². The standard InChI is InChI=1S/C23H18Cl2N4O2/c24-15-11-16(25)13-18(12-15)26-22(31)20-14-21(30)29(19-9-5-2-6-10-19)23(28-20)27-17-7-3-1-4-8-17/h1-13,20H,14H2,(H,26,31)(H,27,28). The van der Waals surface area contributed by atoms with E-state index in [-0.39, 0.29) is 18.3 Å². The quantitative estimate of drug-likeness (QED) is 0.570. The van der Waals surface area contributed by atoms with Gasteiger partial charge in [-0.3, -0.25) is 14.5 Å². The van der Waals surface area contributed by atoms with Crippen molar-refractivity contribution in [2.45, 2.75) is 12.5 Å². The van der Waals surface area contributed by atoms with Crippen molar-refractivity contribution in [2.75, 3.05) is 15.5 Å². The van der Waals surface area contributed by atoms with Gasteiger partial charge in [0.2, 0.25) is 17.8 Å². The molecule has 2 amide bonds. The molecular formula is C23H18Cl2N4O2. The molecule has 4 rings (SSSR count). The molecule has 6 nitrogen and oxygen atoms in total. The van der Waals surface area contributed by atoms with Crippen molar-refractivity contribution in [3.63, 3.8) is 0 Å². The summed E-state index contributed by atoms with van der Waals surface area (Å²) in [7, 11) is 0. The van der Waals surface area contributed by atoms with Gasteiger partial charge in [-0.05, 0) is 42.5 Å². The molecule has 0 radical (unpaired) electrons. The number of hydrogen-bond acceptors (Lipinski definition) is 4. The molecule has 2 N–H and O–H groups in total. The summed E-state index contributed by atoms with van der Waals surface area (Å²) in [5.74, 6) is -0.395. The van der Waals surface area contributed by atoms with Gasteiger partial charge >= 0.3 is 0 Å². The van der Waals surface area contributed by atoms with Gasteiger partial charge in [-0.1, -0.05) is 59.6 Å². The molecule has 0 fully saturated rings. The highest BCUT2D eigenvalue weighted by Crippen LogP contribution is 2.25. The minimum absolute atomic E-state index is 0.0744. The Morgan fingerprint density at radius 2 is 1.52 bits per heavy atom. The first kappa shape index (κ1) is 20.9. The Balaban J connectivity index is 1.65. The molecule has 0 bridgehead atoms. The Labute approximate surface area is 189 Å². The van der Waals surface area contributed by atoms with Crippen LogP contribution in [-0.4, -0.2) is 23.8 Å². The van der Waals surface area contributed by atoms with Crippen molar-refractivity contribution in [1.29, 1.82) is 0 Å². The molecule has 31 heavy (non-hydrogen) atoms. The maximum Gasteiger partial charge on any atom is 0.249 e. The smallest absolute Gasteiger partial charge is 0.249 e. The number of anilines is 3. The molecule has 1 atom stereocenters. The van der Waals surface area contributed by atoms with Crippen molar-refractivity contribution in [3.05, 3.63) is 88.9 Å². The molecule has 8 heteroatoms. The number of halogens is 2. The number of hydrogen-bond donors (Lipinski definition) is 2. The summed E-state index contributed by atoms with van der Waals surface area (Å²) in [6.07, 6.45) is -0.0744. The summed E-state index contributed by atoms with van der Waals surface area (Å²) in [5.41, 5.74) is 1.85. The Morgan fingerprint density at radius 3 is 2.16 bits per heavy atom. The number of nitrogens with zero attached hydrogens (tertiary/aromatic N) is 2. The Bertz CT molecular complexity index is 1120. The van der Waals surface area contributed by atoms with E-state index in [4.69, 9.17) is 23.2 Å². The van der Waals surface area contributed by atoms with Crippen molar-refractivity contribution < 1.29 is 9.59 Å². The van der Waals surface area contributed by atoms with Crippen molar-refractivity contribution in [1.82, 2.24) is 0 Å². The minimum Gasteiger partial charge on any atom is -0.326 e. The third-order valence-electron chi connectivity index (χ3n) is 4.58. The zero-order valence-electron chi connectivity index (χ0n) is 16.3. The average Bonchev–Trinajstić information content (AvgIpc) is 2.74. The van der Waals surface area contributed by atoms with Crippen LogP contribution in [0.15, 0.2) is 83.9 Å². The summed E-state index contributed by atoms with van der Waals surface area (Å²) >= 11 is 12.0. The predicted molar refractivity (Wildman–Crippen MR) is 125 cm³/mol. The number of carbonyl (C=O) groups is 2. The Hall–Kier alpha value is -3.35. The number of para-hydroxylation sites is 2. The van der Waals surface area contributed by atoms with E-state index in [0.29, 0.717) is 21.4 Å². The van der Waals surface area contributed by atoms with E-state index in [1.54, 1.807) is 18.2 Å². The lowest BCUT2D eigenvalue weighted by Gasteiger charge is -2.31. The van der Waals surface area contributed by atoms with Crippen LogP contribution in [-0.2, 0) is 9.59 Å². The third-order valence-corrected chi connectivity index (χ3v) is 5.02. The van der Waals surface area contributed by atoms with E-state index in [9.17, 15) is 9.59 Å². The van der Waals surface area contributed by atoms with Crippen LogP contribution >= 0.6 is 23.2 Å². The lowest BCUT2D eigenvalue weighted by molar-refractivity contribution is -0.123. The van der Waals surface area contributed by atoms with Gasteiger partial charge in [-0.2, -0.15) is 0 Å². The predicted octanol–water partition coefficient (Wildman–Crippen LogP) is 5.21. The molecule has 0 saturated heterocycles. The fourth-order valence-electron chi connectivity index (χ4n) is 3.21. The van der Waals surface area contributed by atoms with E-state index < -0.39 is 11.9 Å². The maximum absolute atomic E-state index is 13.1. The van der Waals surface area contributed by atoms with Crippen molar-refractivity contribution in [3.8, 4) is 0 Å². The number of nitrogens with one attached hydrogen (secondary N) is 2. The second-order valence-electron chi connectivity index (χ2n) is 6.88. The van der Waals surface area contributed by atoms with Crippen molar-refractivity contribution >= 4 is 58.0 Å². The highest BCUT2D eigenvalue weighted by Gasteiger charge is 2.34. The van der Waals surface area contributed by atoms with Crippen LogP contribution in [0.2, 0.25) is 10.0 Å². The van der Waals surface area contributed by atoms with Gasteiger partial charge in [-0.25, -0.2) is 4.99 Å². The van der Waals surface area contributed by atoms with Gasteiger partial charge < -0.3 is 10.6 Å². The fourth-order valence-corrected chi connectivity index (χ4v) is 3.74. The SMILES string of the molecule is O=C(Nc1cc(Cl)cc(Cl)c1)C1CC(=O)N(c2ccccc2)C(Nc2ccccc2)=N1. The summed E-state index contributed by atoms with van der Waals surface area (Å²) in [4.78, 5) is 32.0. The second-order valence-corrected chi connectivity index (χ2v) is 7.75. The van der Waals surface area contributed by atoms with Gasteiger partial charge in [0.1, 0.15) is 6.04 Å². The largest absolute Gasteiger partial charge is 0.326 e. The highest BCUT2D eigenvalue weighted by molar-refractivity contribution is 6.35. The van der Waals surface area contributed by atoms with Gasteiger partial charge in [0, 0.05) is 21.4 Å². The van der Waals surface area contributed by atoms with Crippen molar-refractivity contribution in [2.24, 2.45) is 4.99 Å². The first-order valence-electron chi connectivity index (χ1n) is 9.54. The van der Waals surface area contributed by atoms with E-state index in [2.05, 4.69) is 15.6 Å². The van der Waals surface area contributed by atoms with Crippen LogP contribution in [0.5, 0.6) is 0 Å². The zero-order valence-corrected chi connectivity index (χ0v) is 17.8. The topological polar surface area (TPSA) is 73.8 Å². The summed E-state index contributed by atoms with van der Waals surface area (Å²) in [5, 5.41) is 6.69. The van der Waals surface area contributed by atoms with E-state index in [0.717, 1.165) is 5.69 Å². The van der Waals surface area contributed by atoms with Crippen LogP contribution in [0, 0.1) is 0 Å². The van der Waals surface area contributed by atoms with Gasteiger partial charge in [-0.15, -0.1) is 0 Å². The molecule has 3 aromatic carbocycles. The van der Waals surface area contributed by atoms with Gasteiger partial charge in [0.15, 0.2) is 0 Å². The van der Waals surface area contributed by atoms with E-state index >= 15 is 0 Å². The fraction of sp³-hybridized carbons (Fsp3) is 0.0870. The summed E-state index contributed by atoms with van der Waals surface area (Å²) in [6, 6.07) is 22.3. The van der Waals surface area contributed by atoms with Crippen LogP contribution < -0.4 is 15.5 Å². The van der Waals surface area contributed by atoms with Crippen LogP contribution in [0.3, 0.4) is 0 Å². The highest BCUT2D eigenvalue weighted by atomic mass is 35.5. The Kier molecular flexibility index (Phi) is 6.21. The molecule has 3 aromatic rings. The first-order chi connectivity index (χ1) is 15.0. The molecule has 1 unspecified atom stereocenters. The molecule has 156 valence electrons. The third kappa shape index (κ3) is 5.05. The second kappa shape index (κ2) is 9.20.